The summed E-state index contributed by atoms with van der Waals surface area (Å²) in [6, 6.07) is 6.61. The van der Waals surface area contributed by atoms with E-state index in [1.54, 1.807) is 13.0 Å². The lowest BCUT2D eigenvalue weighted by molar-refractivity contribution is -0.392. The molecule has 3 rings (SSSR count). The van der Waals surface area contributed by atoms with Gasteiger partial charge >= 0.3 is 12.0 Å². The normalized spacial score (nSPS) is 11.7. The standard InChI is InChI=1S/C17H13F3N4O3/c1-2-23-9-21-13(16(23)24(26)27)8-14(25)11-7-15(17(18,19)20)22-12-6-4-3-5-10(11)12/h3-7,9H,2,8H2,1H3. The molecule has 1 aromatic carbocycles. The first-order valence-corrected chi connectivity index (χ1v) is 7.91. The van der Waals surface area contributed by atoms with Crippen LogP contribution in [0.15, 0.2) is 36.7 Å². The van der Waals surface area contributed by atoms with Gasteiger partial charge in [-0.1, -0.05) is 18.2 Å². The molecule has 0 atom stereocenters. The molecule has 2 aromatic heterocycles. The Morgan fingerprint density at radius 1 is 1.30 bits per heavy atom. The van der Waals surface area contributed by atoms with Gasteiger partial charge in [0.15, 0.2) is 12.1 Å². The van der Waals surface area contributed by atoms with Crippen LogP contribution in [0.1, 0.15) is 28.7 Å². The van der Waals surface area contributed by atoms with E-state index < -0.39 is 29.0 Å². The third-order valence-corrected chi connectivity index (χ3v) is 4.03. The van der Waals surface area contributed by atoms with E-state index in [-0.39, 0.29) is 34.5 Å². The van der Waals surface area contributed by atoms with Crippen LogP contribution in [0.5, 0.6) is 0 Å². The lowest BCUT2D eigenvalue weighted by atomic mass is 10.0. The second kappa shape index (κ2) is 6.78. The highest BCUT2D eigenvalue weighted by Gasteiger charge is 2.34. The quantitative estimate of drug-likeness (QED) is 0.383. The molecule has 27 heavy (non-hydrogen) atoms. The Kier molecular flexibility index (Phi) is 4.64. The average Bonchev–Trinajstić information content (AvgIpc) is 3.02. The van der Waals surface area contributed by atoms with Crippen molar-refractivity contribution in [3.05, 3.63) is 63.7 Å². The highest BCUT2D eigenvalue weighted by Crippen LogP contribution is 2.31. The van der Waals surface area contributed by atoms with Crippen molar-refractivity contribution in [2.45, 2.75) is 26.1 Å². The fourth-order valence-electron chi connectivity index (χ4n) is 2.78. The van der Waals surface area contributed by atoms with Gasteiger partial charge in [-0.25, -0.2) is 14.5 Å². The van der Waals surface area contributed by atoms with Crippen molar-refractivity contribution in [2.24, 2.45) is 0 Å². The van der Waals surface area contributed by atoms with E-state index in [2.05, 4.69) is 9.97 Å². The number of aryl methyl sites for hydroxylation is 1. The van der Waals surface area contributed by atoms with Crippen molar-refractivity contribution < 1.29 is 22.9 Å². The third-order valence-electron chi connectivity index (χ3n) is 4.03. The van der Waals surface area contributed by atoms with Gasteiger partial charge in [0.05, 0.1) is 18.5 Å². The zero-order valence-electron chi connectivity index (χ0n) is 14.0. The summed E-state index contributed by atoms with van der Waals surface area (Å²) in [6.45, 7) is 1.94. The van der Waals surface area contributed by atoms with Crippen molar-refractivity contribution in [1.82, 2.24) is 14.5 Å². The maximum Gasteiger partial charge on any atom is 0.433 e. The van der Waals surface area contributed by atoms with Crippen LogP contribution in [-0.4, -0.2) is 25.2 Å². The van der Waals surface area contributed by atoms with E-state index in [4.69, 9.17) is 0 Å². The number of benzene rings is 1. The summed E-state index contributed by atoms with van der Waals surface area (Å²) >= 11 is 0. The van der Waals surface area contributed by atoms with Gasteiger partial charge in [-0.15, -0.1) is 0 Å². The fourth-order valence-corrected chi connectivity index (χ4v) is 2.78. The molecule has 10 heteroatoms. The number of hydrogen-bond acceptors (Lipinski definition) is 5. The first-order valence-electron chi connectivity index (χ1n) is 7.91. The first kappa shape index (κ1) is 18.5. The topological polar surface area (TPSA) is 90.9 Å². The van der Waals surface area contributed by atoms with Crippen molar-refractivity contribution in [1.29, 1.82) is 0 Å². The molecule has 0 radical (unpaired) electrons. The van der Waals surface area contributed by atoms with E-state index >= 15 is 0 Å². The molecular formula is C17H13F3N4O3. The number of para-hydroxylation sites is 1. The average molecular weight is 378 g/mol. The maximum absolute atomic E-state index is 13.1. The summed E-state index contributed by atoms with van der Waals surface area (Å²) in [5.41, 5.74) is -1.48. The summed E-state index contributed by atoms with van der Waals surface area (Å²) in [6.07, 6.45) is -3.99. The molecule has 0 N–H and O–H groups in total. The van der Waals surface area contributed by atoms with Gasteiger partial charge in [0, 0.05) is 10.9 Å². The number of alkyl halides is 3. The number of nitro groups is 1. The molecule has 0 spiro atoms. The van der Waals surface area contributed by atoms with E-state index in [0.29, 0.717) is 6.07 Å². The molecule has 0 unspecified atom stereocenters. The summed E-state index contributed by atoms with van der Waals surface area (Å²) < 4.78 is 40.6. The minimum Gasteiger partial charge on any atom is -0.358 e. The lowest BCUT2D eigenvalue weighted by Crippen LogP contribution is -2.13. The number of rotatable bonds is 5. The molecule has 0 saturated heterocycles. The van der Waals surface area contributed by atoms with Gasteiger partial charge in [-0.05, 0) is 24.0 Å². The second-order valence-electron chi connectivity index (χ2n) is 5.73. The monoisotopic (exact) mass is 378 g/mol. The van der Waals surface area contributed by atoms with Crippen LogP contribution in [0, 0.1) is 10.1 Å². The minimum atomic E-state index is -4.73. The molecule has 2 heterocycles. The number of pyridine rings is 1. The van der Waals surface area contributed by atoms with Crippen molar-refractivity contribution in [3.8, 4) is 0 Å². The molecule has 0 amide bonds. The van der Waals surface area contributed by atoms with E-state index in [0.717, 1.165) is 0 Å². The number of nitrogens with zero attached hydrogens (tertiary/aromatic N) is 4. The number of aromatic nitrogens is 3. The maximum atomic E-state index is 13.1. The Hall–Kier alpha value is -3.30. The zero-order chi connectivity index (χ0) is 19.8. The van der Waals surface area contributed by atoms with E-state index in [1.807, 2.05) is 0 Å². The molecular weight excluding hydrogens is 365 g/mol. The molecule has 7 nitrogen and oxygen atoms in total. The van der Waals surface area contributed by atoms with Crippen LogP contribution in [0.3, 0.4) is 0 Å². The number of fused-ring (bicyclic) bond motifs is 1. The van der Waals surface area contributed by atoms with Gasteiger partial charge in [0.25, 0.3) is 0 Å². The van der Waals surface area contributed by atoms with Crippen molar-refractivity contribution >= 4 is 22.5 Å². The highest BCUT2D eigenvalue weighted by molar-refractivity contribution is 6.08. The van der Waals surface area contributed by atoms with Gasteiger partial charge in [-0.3, -0.25) is 4.79 Å². The summed E-state index contributed by atoms with van der Waals surface area (Å²) in [5.74, 6) is -1.05. The van der Waals surface area contributed by atoms with Crippen LogP contribution >= 0.6 is 0 Å². The smallest absolute Gasteiger partial charge is 0.358 e. The Morgan fingerprint density at radius 3 is 2.63 bits per heavy atom. The number of ketones is 1. The molecule has 0 fully saturated rings. The van der Waals surface area contributed by atoms with Crippen LogP contribution in [0.2, 0.25) is 0 Å². The zero-order valence-corrected chi connectivity index (χ0v) is 14.0. The van der Waals surface area contributed by atoms with E-state index in [9.17, 15) is 28.1 Å². The first-order chi connectivity index (χ1) is 12.7. The predicted octanol–water partition coefficient (Wildman–Crippen LogP) is 3.80. The van der Waals surface area contributed by atoms with Crippen LogP contribution in [0.25, 0.3) is 10.9 Å². The molecule has 0 bridgehead atoms. The van der Waals surface area contributed by atoms with Crippen LogP contribution < -0.4 is 0 Å². The Balaban J connectivity index is 2.09. The van der Waals surface area contributed by atoms with Crippen molar-refractivity contribution in [3.63, 3.8) is 0 Å². The SMILES string of the molecule is CCn1cnc(CC(=O)c2cc(C(F)(F)F)nc3ccccc23)c1[N+](=O)[O-]. The highest BCUT2D eigenvalue weighted by atomic mass is 19.4. The molecule has 140 valence electrons. The number of carbonyl (C=O) groups is 1. The van der Waals surface area contributed by atoms with Gasteiger partial charge in [0.1, 0.15) is 11.4 Å². The van der Waals surface area contributed by atoms with Crippen molar-refractivity contribution in [2.75, 3.05) is 0 Å². The Morgan fingerprint density at radius 2 is 2.00 bits per heavy atom. The van der Waals surface area contributed by atoms with Crippen LogP contribution in [0.4, 0.5) is 19.0 Å². The lowest BCUT2D eigenvalue weighted by Gasteiger charge is -2.11. The third kappa shape index (κ3) is 3.50. The second-order valence-corrected chi connectivity index (χ2v) is 5.73. The summed E-state index contributed by atoms with van der Waals surface area (Å²) in [4.78, 5) is 30.7. The van der Waals surface area contributed by atoms with Gasteiger partial charge < -0.3 is 10.1 Å². The predicted molar refractivity (Wildman–Crippen MR) is 89.3 cm³/mol. The number of carbonyl (C=O) groups excluding carboxylic acids is 1. The molecule has 3 aromatic rings. The fraction of sp³-hybridized carbons (Fsp3) is 0.235. The van der Waals surface area contributed by atoms with Gasteiger partial charge in [0.2, 0.25) is 0 Å². The Bertz CT molecular complexity index is 1040. The van der Waals surface area contributed by atoms with E-state index in [1.165, 1.54) is 29.1 Å². The number of hydrogen-bond donors (Lipinski definition) is 0. The molecule has 0 aliphatic carbocycles. The molecule has 0 aliphatic rings. The summed E-state index contributed by atoms with van der Waals surface area (Å²) in [5, 5.41) is 11.5. The number of Topliss-reactive ketones (excluding diaryl/α,β-unsaturated/α-hetero) is 1. The Labute approximate surface area is 150 Å². The molecule has 0 saturated carbocycles. The number of imidazole rings is 1. The number of halogens is 3. The molecule has 0 aliphatic heterocycles. The largest absolute Gasteiger partial charge is 0.433 e. The van der Waals surface area contributed by atoms with Gasteiger partial charge in [-0.2, -0.15) is 13.2 Å². The van der Waals surface area contributed by atoms with Crippen LogP contribution in [-0.2, 0) is 19.1 Å². The summed E-state index contributed by atoms with van der Waals surface area (Å²) in [7, 11) is 0. The minimum absolute atomic E-state index is 0.0178.